The fourth-order valence-electron chi connectivity index (χ4n) is 1.41. The summed E-state index contributed by atoms with van der Waals surface area (Å²) in [5.41, 5.74) is 5.08. The summed E-state index contributed by atoms with van der Waals surface area (Å²) in [7, 11) is 0. The van der Waals surface area contributed by atoms with Crippen molar-refractivity contribution in [3.63, 3.8) is 0 Å². The molecule has 0 bridgehead atoms. The highest BCUT2D eigenvalue weighted by Crippen LogP contribution is 2.15. The molecule has 0 atom stereocenters. The van der Waals surface area contributed by atoms with E-state index in [2.05, 4.69) is 15.5 Å². The minimum atomic E-state index is -0.876. The number of amides is 1. The molecule has 0 saturated carbocycles. The van der Waals surface area contributed by atoms with Crippen molar-refractivity contribution in [1.29, 1.82) is 0 Å². The topological polar surface area (TPSA) is 94.0 Å². The second-order valence-electron chi connectivity index (χ2n) is 4.07. The van der Waals surface area contributed by atoms with Crippen LogP contribution in [0.1, 0.15) is 45.9 Å². The highest BCUT2D eigenvalue weighted by atomic mass is 16.4. The maximum atomic E-state index is 11.9. The summed E-state index contributed by atoms with van der Waals surface area (Å²) in [4.78, 5) is 11.9. The van der Waals surface area contributed by atoms with Gasteiger partial charge in [-0.1, -0.05) is 25.9 Å². The summed E-state index contributed by atoms with van der Waals surface area (Å²) >= 11 is 0. The standard InChI is InChI=1S/C11H20N4O2/c1-4-7-8-14-15-10(17-8)13-9(16)11(12,5-2)6-3/h4-7,12H2,1-3H3,(H,13,15,16). The van der Waals surface area contributed by atoms with Crippen LogP contribution in [0.3, 0.4) is 0 Å². The van der Waals surface area contributed by atoms with E-state index in [1.165, 1.54) is 0 Å². The van der Waals surface area contributed by atoms with Gasteiger partial charge in [-0.3, -0.25) is 10.1 Å². The first kappa shape index (κ1) is 13.6. The quantitative estimate of drug-likeness (QED) is 0.785. The average Bonchev–Trinajstić information content (AvgIpc) is 2.76. The van der Waals surface area contributed by atoms with E-state index in [-0.39, 0.29) is 11.9 Å². The van der Waals surface area contributed by atoms with Crippen molar-refractivity contribution >= 4 is 11.9 Å². The number of carbonyl (C=O) groups excluding carboxylic acids is 1. The Kier molecular flexibility index (Phi) is 4.62. The normalized spacial score (nSPS) is 11.5. The highest BCUT2D eigenvalue weighted by molar-refractivity contribution is 5.96. The second-order valence-corrected chi connectivity index (χ2v) is 4.07. The van der Waals surface area contributed by atoms with E-state index < -0.39 is 5.54 Å². The van der Waals surface area contributed by atoms with Gasteiger partial charge < -0.3 is 10.2 Å². The zero-order valence-corrected chi connectivity index (χ0v) is 10.6. The lowest BCUT2D eigenvalue weighted by Crippen LogP contribution is -2.50. The van der Waals surface area contributed by atoms with Crippen molar-refractivity contribution < 1.29 is 9.21 Å². The van der Waals surface area contributed by atoms with Crippen LogP contribution in [0.15, 0.2) is 4.42 Å². The third-order valence-corrected chi connectivity index (χ3v) is 2.87. The fraction of sp³-hybridized carbons (Fsp3) is 0.727. The third-order valence-electron chi connectivity index (χ3n) is 2.87. The zero-order valence-electron chi connectivity index (χ0n) is 10.6. The molecule has 0 aromatic carbocycles. The first-order valence-electron chi connectivity index (χ1n) is 5.98. The second kappa shape index (κ2) is 5.77. The predicted octanol–water partition coefficient (Wildman–Crippen LogP) is 1.48. The summed E-state index contributed by atoms with van der Waals surface area (Å²) in [5.74, 6) is 0.243. The van der Waals surface area contributed by atoms with Crippen molar-refractivity contribution in [3.8, 4) is 0 Å². The fourth-order valence-corrected chi connectivity index (χ4v) is 1.41. The van der Waals surface area contributed by atoms with E-state index >= 15 is 0 Å². The first-order chi connectivity index (χ1) is 8.05. The molecule has 6 heteroatoms. The SMILES string of the molecule is CCCc1nnc(NC(=O)C(N)(CC)CC)o1. The minimum absolute atomic E-state index is 0.121. The van der Waals surface area contributed by atoms with Crippen LogP contribution in [0, 0.1) is 0 Å². The lowest BCUT2D eigenvalue weighted by atomic mass is 9.93. The first-order valence-corrected chi connectivity index (χ1v) is 5.98. The van der Waals surface area contributed by atoms with Gasteiger partial charge in [0, 0.05) is 6.42 Å². The number of nitrogens with two attached hydrogens (primary N) is 1. The molecule has 0 saturated heterocycles. The molecule has 1 rings (SSSR count). The predicted molar refractivity (Wildman–Crippen MR) is 64.4 cm³/mol. The Hall–Kier alpha value is -1.43. The van der Waals surface area contributed by atoms with Crippen LogP contribution in [0.25, 0.3) is 0 Å². The van der Waals surface area contributed by atoms with Crippen LogP contribution < -0.4 is 11.1 Å². The van der Waals surface area contributed by atoms with Crippen LogP contribution in [0.2, 0.25) is 0 Å². The number of aromatic nitrogens is 2. The zero-order chi connectivity index (χ0) is 12.9. The molecule has 1 amide bonds. The van der Waals surface area contributed by atoms with E-state index in [0.29, 0.717) is 25.2 Å². The molecule has 0 radical (unpaired) electrons. The number of nitrogens with one attached hydrogen (secondary N) is 1. The Morgan fingerprint density at radius 1 is 1.35 bits per heavy atom. The number of hydrogen-bond acceptors (Lipinski definition) is 5. The molecule has 1 aromatic heterocycles. The van der Waals surface area contributed by atoms with Gasteiger partial charge in [0.15, 0.2) is 0 Å². The maximum Gasteiger partial charge on any atom is 0.322 e. The van der Waals surface area contributed by atoms with Crippen LogP contribution in [0.5, 0.6) is 0 Å². The molecule has 0 spiro atoms. The van der Waals surface area contributed by atoms with E-state index in [1.54, 1.807) is 0 Å². The van der Waals surface area contributed by atoms with Crippen LogP contribution in [0.4, 0.5) is 6.01 Å². The van der Waals surface area contributed by atoms with Gasteiger partial charge in [-0.25, -0.2) is 0 Å². The lowest BCUT2D eigenvalue weighted by molar-refractivity contribution is -0.121. The molecule has 0 fully saturated rings. The summed E-state index contributed by atoms with van der Waals surface area (Å²) < 4.78 is 5.27. The van der Waals surface area contributed by atoms with Gasteiger partial charge in [-0.15, -0.1) is 5.10 Å². The molecule has 0 aliphatic heterocycles. The molecule has 6 nitrogen and oxygen atoms in total. The molecule has 0 aliphatic rings. The minimum Gasteiger partial charge on any atom is -0.408 e. The highest BCUT2D eigenvalue weighted by Gasteiger charge is 2.30. The van der Waals surface area contributed by atoms with Crippen molar-refractivity contribution in [3.05, 3.63) is 5.89 Å². The van der Waals surface area contributed by atoms with Crippen molar-refractivity contribution in [2.75, 3.05) is 5.32 Å². The van der Waals surface area contributed by atoms with Gasteiger partial charge >= 0.3 is 6.01 Å². The largest absolute Gasteiger partial charge is 0.408 e. The molecular formula is C11H20N4O2. The van der Waals surface area contributed by atoms with Gasteiger partial charge in [0.1, 0.15) is 0 Å². The Labute approximate surface area is 101 Å². The van der Waals surface area contributed by atoms with Gasteiger partial charge in [0.2, 0.25) is 11.8 Å². The van der Waals surface area contributed by atoms with Crippen molar-refractivity contribution in [2.24, 2.45) is 5.73 Å². The molecule has 0 unspecified atom stereocenters. The van der Waals surface area contributed by atoms with E-state index in [9.17, 15) is 4.79 Å². The lowest BCUT2D eigenvalue weighted by Gasteiger charge is -2.23. The number of nitrogens with zero attached hydrogens (tertiary/aromatic N) is 2. The molecule has 96 valence electrons. The number of aryl methyl sites for hydroxylation is 1. The maximum absolute atomic E-state index is 11.9. The number of rotatable bonds is 6. The molecule has 0 aliphatic carbocycles. The third kappa shape index (κ3) is 3.26. The molecular weight excluding hydrogens is 220 g/mol. The number of hydrogen-bond donors (Lipinski definition) is 2. The monoisotopic (exact) mass is 240 g/mol. The van der Waals surface area contributed by atoms with Crippen LogP contribution >= 0.6 is 0 Å². The van der Waals surface area contributed by atoms with E-state index in [0.717, 1.165) is 6.42 Å². The Morgan fingerprint density at radius 3 is 2.53 bits per heavy atom. The van der Waals surface area contributed by atoms with Crippen LogP contribution in [-0.2, 0) is 11.2 Å². The summed E-state index contributed by atoms with van der Waals surface area (Å²) in [6, 6.07) is 0.121. The van der Waals surface area contributed by atoms with Crippen LogP contribution in [-0.4, -0.2) is 21.6 Å². The average molecular weight is 240 g/mol. The molecule has 1 heterocycles. The summed E-state index contributed by atoms with van der Waals surface area (Å²) in [5, 5.41) is 10.1. The summed E-state index contributed by atoms with van der Waals surface area (Å²) in [6.45, 7) is 5.76. The Morgan fingerprint density at radius 2 is 2.00 bits per heavy atom. The van der Waals surface area contributed by atoms with E-state index in [1.807, 2.05) is 20.8 Å². The van der Waals surface area contributed by atoms with Crippen molar-refractivity contribution in [1.82, 2.24) is 10.2 Å². The molecule has 17 heavy (non-hydrogen) atoms. The number of carbonyl (C=O) groups is 1. The number of anilines is 1. The Balaban J connectivity index is 2.67. The van der Waals surface area contributed by atoms with Crippen molar-refractivity contribution in [2.45, 2.75) is 52.0 Å². The van der Waals surface area contributed by atoms with Gasteiger partial charge in [0.25, 0.3) is 0 Å². The van der Waals surface area contributed by atoms with Gasteiger partial charge in [-0.05, 0) is 19.3 Å². The van der Waals surface area contributed by atoms with Gasteiger partial charge in [0.05, 0.1) is 5.54 Å². The van der Waals surface area contributed by atoms with Gasteiger partial charge in [-0.2, -0.15) is 0 Å². The molecule has 1 aromatic rings. The molecule has 3 N–H and O–H groups in total. The Bertz CT molecular complexity index is 371. The summed E-state index contributed by atoms with van der Waals surface area (Å²) in [6.07, 6.45) is 2.75. The smallest absolute Gasteiger partial charge is 0.322 e. The van der Waals surface area contributed by atoms with E-state index in [4.69, 9.17) is 10.2 Å².